The Morgan fingerprint density at radius 3 is 2.66 bits per heavy atom. The lowest BCUT2D eigenvalue weighted by Gasteiger charge is -2.18. The topological polar surface area (TPSA) is 68.7 Å². The zero-order valence-electron chi connectivity index (χ0n) is 19.0. The Balaban J connectivity index is 1.58. The molecule has 0 aliphatic carbocycles. The van der Waals surface area contributed by atoms with Crippen molar-refractivity contribution >= 4 is 5.97 Å². The van der Waals surface area contributed by atoms with Crippen molar-refractivity contribution in [3.8, 4) is 22.8 Å². The molecule has 0 aliphatic rings. The van der Waals surface area contributed by atoms with E-state index in [-0.39, 0.29) is 12.5 Å². The van der Waals surface area contributed by atoms with Crippen molar-refractivity contribution in [3.05, 3.63) is 77.5 Å². The Kier molecular flexibility index (Phi) is 8.26. The number of benzene rings is 2. The molecular weight excluding hydrogens is 402 g/mol. The second-order valence-electron chi connectivity index (χ2n) is 7.95. The van der Waals surface area contributed by atoms with Gasteiger partial charge in [-0.2, -0.15) is 0 Å². The van der Waals surface area contributed by atoms with Gasteiger partial charge in [0.05, 0.1) is 18.4 Å². The van der Waals surface area contributed by atoms with Crippen LogP contribution >= 0.6 is 0 Å². The second-order valence-corrected chi connectivity index (χ2v) is 7.95. The average molecular weight is 434 g/mol. The molecule has 1 atom stereocenters. The number of pyridine rings is 1. The maximum Gasteiger partial charge on any atom is 0.303 e. The van der Waals surface area contributed by atoms with Crippen molar-refractivity contribution in [2.24, 2.45) is 0 Å². The van der Waals surface area contributed by atoms with Gasteiger partial charge in [0.15, 0.2) is 0 Å². The summed E-state index contributed by atoms with van der Waals surface area (Å²) < 4.78 is 12.2. The number of carboxylic acids is 1. The van der Waals surface area contributed by atoms with Gasteiger partial charge in [0.25, 0.3) is 0 Å². The van der Waals surface area contributed by atoms with Crippen molar-refractivity contribution in [3.63, 3.8) is 0 Å². The highest BCUT2D eigenvalue weighted by Crippen LogP contribution is 2.31. The molecule has 0 saturated heterocycles. The van der Waals surface area contributed by atoms with Gasteiger partial charge < -0.3 is 14.6 Å². The lowest BCUT2D eigenvalue weighted by atomic mass is 10.0. The van der Waals surface area contributed by atoms with Crippen LogP contribution < -0.4 is 9.47 Å². The summed E-state index contributed by atoms with van der Waals surface area (Å²) in [4.78, 5) is 15.3. The van der Waals surface area contributed by atoms with Crippen LogP contribution in [0.25, 0.3) is 11.3 Å². The fourth-order valence-corrected chi connectivity index (χ4v) is 3.52. The molecule has 0 radical (unpaired) electrons. The smallest absolute Gasteiger partial charge is 0.303 e. The maximum atomic E-state index is 10.8. The highest BCUT2D eigenvalue weighted by atomic mass is 16.5. The first-order valence-corrected chi connectivity index (χ1v) is 11.1. The minimum atomic E-state index is -0.783. The highest BCUT2D eigenvalue weighted by Gasteiger charge is 2.12. The molecule has 3 rings (SSSR count). The summed E-state index contributed by atoms with van der Waals surface area (Å²) in [5.74, 6) is 0.830. The normalized spacial score (nSPS) is 11.7. The van der Waals surface area contributed by atoms with E-state index in [0.29, 0.717) is 13.0 Å². The third-order valence-corrected chi connectivity index (χ3v) is 5.44. The lowest BCUT2D eigenvalue weighted by Crippen LogP contribution is -2.16. The van der Waals surface area contributed by atoms with Gasteiger partial charge in [-0.15, -0.1) is 0 Å². The fourth-order valence-electron chi connectivity index (χ4n) is 3.52. The van der Waals surface area contributed by atoms with Crippen molar-refractivity contribution in [1.82, 2.24) is 4.98 Å². The molecule has 1 N–H and O–H groups in total. The Hall–Kier alpha value is -3.34. The Morgan fingerprint density at radius 1 is 1.12 bits per heavy atom. The number of aromatic nitrogens is 1. The molecule has 5 nitrogen and oxygen atoms in total. The molecule has 1 aromatic heterocycles. The number of carbonyl (C=O) groups is 1. The van der Waals surface area contributed by atoms with Gasteiger partial charge in [-0.1, -0.05) is 25.1 Å². The van der Waals surface area contributed by atoms with Gasteiger partial charge in [-0.25, -0.2) is 0 Å². The van der Waals surface area contributed by atoms with E-state index in [4.69, 9.17) is 14.6 Å². The predicted molar refractivity (Wildman–Crippen MR) is 126 cm³/mol. The van der Waals surface area contributed by atoms with E-state index in [0.717, 1.165) is 46.7 Å². The quantitative estimate of drug-likeness (QED) is 0.409. The minimum Gasteiger partial charge on any atom is -0.493 e. The number of hydrogen-bond donors (Lipinski definition) is 1. The van der Waals surface area contributed by atoms with Gasteiger partial charge in [0.2, 0.25) is 0 Å². The maximum absolute atomic E-state index is 10.8. The third-order valence-electron chi connectivity index (χ3n) is 5.44. The number of aliphatic carboxylic acids is 1. The van der Waals surface area contributed by atoms with E-state index in [9.17, 15) is 4.79 Å². The van der Waals surface area contributed by atoms with Crippen LogP contribution in [0, 0.1) is 6.92 Å². The number of carboxylic acid groups (broad SMARTS) is 1. The summed E-state index contributed by atoms with van der Waals surface area (Å²) in [6.07, 6.45) is 4.12. The molecule has 5 heteroatoms. The zero-order valence-corrected chi connectivity index (χ0v) is 19.0. The fraction of sp³-hybridized carbons (Fsp3) is 0.333. The van der Waals surface area contributed by atoms with Crippen molar-refractivity contribution < 1.29 is 19.4 Å². The first-order valence-electron chi connectivity index (χ1n) is 11.1. The molecule has 0 aliphatic heterocycles. The van der Waals surface area contributed by atoms with E-state index in [2.05, 4.69) is 24.0 Å². The van der Waals surface area contributed by atoms with E-state index in [1.54, 1.807) is 6.20 Å². The van der Waals surface area contributed by atoms with E-state index < -0.39 is 5.97 Å². The van der Waals surface area contributed by atoms with E-state index in [1.807, 2.05) is 56.3 Å². The molecule has 0 spiro atoms. The van der Waals surface area contributed by atoms with Crippen LogP contribution in [0.2, 0.25) is 0 Å². The zero-order chi connectivity index (χ0) is 22.9. The number of aryl methyl sites for hydroxylation is 3. The highest BCUT2D eigenvalue weighted by molar-refractivity contribution is 5.68. The number of ether oxygens (including phenoxy) is 2. The van der Waals surface area contributed by atoms with E-state index in [1.165, 1.54) is 5.56 Å². The predicted octanol–water partition coefficient (Wildman–Crippen LogP) is 5.87. The van der Waals surface area contributed by atoms with Crippen LogP contribution in [-0.2, 0) is 17.6 Å². The summed E-state index contributed by atoms with van der Waals surface area (Å²) in [7, 11) is 0. The second kappa shape index (κ2) is 11.3. The Morgan fingerprint density at radius 2 is 1.97 bits per heavy atom. The minimum absolute atomic E-state index is 0.0270. The lowest BCUT2D eigenvalue weighted by molar-refractivity contribution is -0.136. The standard InChI is InChI=1S/C27H31NO4/c1-4-21-8-12-26(24(18-21)25-7-5-6-15-28-25)32-20(3)14-16-31-23-11-9-22(19(2)17-23)10-13-27(29)30/h5-9,11-12,15,17-18,20H,4,10,13-14,16H2,1-3H3,(H,29,30)/t20-/m1/s1. The Bertz CT molecular complexity index is 1030. The molecule has 32 heavy (non-hydrogen) atoms. The summed E-state index contributed by atoms with van der Waals surface area (Å²) in [6, 6.07) is 18.0. The van der Waals surface area contributed by atoms with Gasteiger partial charge in [-0.05, 0) is 79.8 Å². The number of hydrogen-bond acceptors (Lipinski definition) is 4. The molecule has 0 amide bonds. The summed E-state index contributed by atoms with van der Waals surface area (Å²) >= 11 is 0. The molecule has 0 bridgehead atoms. The summed E-state index contributed by atoms with van der Waals surface area (Å²) in [5, 5.41) is 8.86. The van der Waals surface area contributed by atoms with Crippen molar-refractivity contribution in [1.29, 1.82) is 0 Å². The number of nitrogens with zero attached hydrogens (tertiary/aromatic N) is 1. The SMILES string of the molecule is CCc1ccc(O[C@H](C)CCOc2ccc(CCC(=O)O)c(C)c2)c(-c2ccccn2)c1. The van der Waals surface area contributed by atoms with Crippen molar-refractivity contribution in [2.75, 3.05) is 6.61 Å². The monoisotopic (exact) mass is 433 g/mol. The van der Waals surface area contributed by atoms with Crippen LogP contribution in [0.15, 0.2) is 60.8 Å². The number of rotatable bonds is 11. The van der Waals surface area contributed by atoms with Crippen LogP contribution in [0.5, 0.6) is 11.5 Å². The molecule has 168 valence electrons. The van der Waals surface area contributed by atoms with E-state index >= 15 is 0 Å². The first kappa shape index (κ1) is 23.3. The average Bonchev–Trinajstić information content (AvgIpc) is 2.79. The molecule has 0 unspecified atom stereocenters. The van der Waals surface area contributed by atoms with Crippen LogP contribution in [0.3, 0.4) is 0 Å². The van der Waals surface area contributed by atoms with Gasteiger partial charge in [0.1, 0.15) is 11.5 Å². The molecule has 1 heterocycles. The molecule has 0 saturated carbocycles. The molecular formula is C27H31NO4. The first-order chi connectivity index (χ1) is 15.5. The molecule has 0 fully saturated rings. The molecule has 3 aromatic rings. The van der Waals surface area contributed by atoms with Crippen LogP contribution in [0.4, 0.5) is 0 Å². The third kappa shape index (κ3) is 6.58. The largest absolute Gasteiger partial charge is 0.493 e. The van der Waals surface area contributed by atoms with Crippen molar-refractivity contribution in [2.45, 2.75) is 52.6 Å². The van der Waals surface area contributed by atoms with Gasteiger partial charge >= 0.3 is 5.97 Å². The molecule has 2 aromatic carbocycles. The summed E-state index contributed by atoms with van der Waals surface area (Å²) in [5.41, 5.74) is 5.24. The van der Waals surface area contributed by atoms with Crippen LogP contribution in [0.1, 0.15) is 43.4 Å². The van der Waals surface area contributed by atoms with Gasteiger partial charge in [-0.3, -0.25) is 9.78 Å². The van der Waals surface area contributed by atoms with Gasteiger partial charge in [0, 0.05) is 24.6 Å². The summed E-state index contributed by atoms with van der Waals surface area (Å²) in [6.45, 7) is 6.69. The van der Waals surface area contributed by atoms with Crippen LogP contribution in [-0.4, -0.2) is 28.8 Å². The Labute approximate surface area is 190 Å².